The molecule has 0 bridgehead atoms. The van der Waals surface area contributed by atoms with E-state index >= 15 is 0 Å². The van der Waals surface area contributed by atoms with E-state index in [2.05, 4.69) is 42.7 Å². The Hall–Kier alpha value is -1.38. The lowest BCUT2D eigenvalue weighted by atomic mass is 10.1. The van der Waals surface area contributed by atoms with Crippen LogP contribution in [0.4, 0.5) is 11.4 Å². The average molecular weight is 309 g/mol. The normalized spacial score (nSPS) is 10.4. The van der Waals surface area contributed by atoms with Gasteiger partial charge in [-0.3, -0.25) is 0 Å². The fourth-order valence-electron chi connectivity index (χ4n) is 2.14. The molecule has 2 aromatic rings. The summed E-state index contributed by atoms with van der Waals surface area (Å²) in [6, 6.07) is 11.8. The number of para-hydroxylation sites is 1. The molecule has 2 rings (SSSR count). The van der Waals surface area contributed by atoms with E-state index in [0.717, 1.165) is 18.8 Å². The number of anilines is 2. The minimum Gasteiger partial charge on any atom is -0.383 e. The van der Waals surface area contributed by atoms with Gasteiger partial charge in [-0.15, -0.1) is 0 Å². The van der Waals surface area contributed by atoms with E-state index in [1.165, 1.54) is 16.8 Å². The monoisotopic (exact) mass is 308 g/mol. The Balaban J connectivity index is 1.88. The SMILES string of the molecule is Cc1cccc(C)c1NCCNc1cc(Cl)cc(Cl)c1. The largest absolute Gasteiger partial charge is 0.383 e. The minimum atomic E-state index is 0.641. The van der Waals surface area contributed by atoms with Gasteiger partial charge < -0.3 is 10.6 Å². The third kappa shape index (κ3) is 4.06. The quantitative estimate of drug-likeness (QED) is 0.748. The van der Waals surface area contributed by atoms with Crippen LogP contribution < -0.4 is 10.6 Å². The van der Waals surface area contributed by atoms with Crippen molar-refractivity contribution in [1.82, 2.24) is 0 Å². The first-order valence-corrected chi connectivity index (χ1v) is 7.32. The molecule has 106 valence electrons. The van der Waals surface area contributed by atoms with Gasteiger partial charge in [-0.05, 0) is 43.2 Å². The zero-order valence-electron chi connectivity index (χ0n) is 11.6. The van der Waals surface area contributed by atoms with Crippen LogP contribution >= 0.6 is 23.2 Å². The number of aryl methyl sites for hydroxylation is 2. The Morgan fingerprint density at radius 1 is 0.850 bits per heavy atom. The number of halogens is 2. The number of benzene rings is 2. The maximum Gasteiger partial charge on any atom is 0.0441 e. The van der Waals surface area contributed by atoms with Crippen LogP contribution in [0.25, 0.3) is 0 Å². The lowest BCUT2D eigenvalue weighted by Gasteiger charge is -2.13. The summed E-state index contributed by atoms with van der Waals surface area (Å²) in [6.45, 7) is 5.85. The summed E-state index contributed by atoms with van der Waals surface area (Å²) < 4.78 is 0. The van der Waals surface area contributed by atoms with Gasteiger partial charge in [-0.25, -0.2) is 0 Å². The maximum atomic E-state index is 5.96. The Bertz CT molecular complexity index is 557. The summed E-state index contributed by atoms with van der Waals surface area (Å²) in [4.78, 5) is 0. The highest BCUT2D eigenvalue weighted by molar-refractivity contribution is 6.35. The van der Waals surface area contributed by atoms with Crippen LogP contribution in [-0.4, -0.2) is 13.1 Å². The Kier molecular flexibility index (Phi) is 5.16. The molecule has 0 aliphatic rings. The number of hydrogen-bond acceptors (Lipinski definition) is 2. The fourth-order valence-corrected chi connectivity index (χ4v) is 2.67. The molecule has 2 aromatic carbocycles. The van der Waals surface area contributed by atoms with Gasteiger partial charge in [0.2, 0.25) is 0 Å². The second kappa shape index (κ2) is 6.87. The highest BCUT2D eigenvalue weighted by Gasteiger charge is 2.01. The maximum absolute atomic E-state index is 5.96. The van der Waals surface area contributed by atoms with Crippen LogP contribution in [0, 0.1) is 13.8 Å². The van der Waals surface area contributed by atoms with Crippen LogP contribution in [0.3, 0.4) is 0 Å². The van der Waals surface area contributed by atoms with Crippen molar-refractivity contribution in [3.8, 4) is 0 Å². The van der Waals surface area contributed by atoms with Crippen molar-refractivity contribution in [2.45, 2.75) is 13.8 Å². The molecular formula is C16H18Cl2N2. The molecule has 0 amide bonds. The number of hydrogen-bond donors (Lipinski definition) is 2. The topological polar surface area (TPSA) is 24.1 Å². The zero-order chi connectivity index (χ0) is 14.5. The molecule has 0 saturated carbocycles. The molecule has 0 spiro atoms. The summed E-state index contributed by atoms with van der Waals surface area (Å²) >= 11 is 11.9. The van der Waals surface area contributed by atoms with Gasteiger partial charge in [0, 0.05) is 34.5 Å². The standard InChI is InChI=1S/C16H18Cl2N2/c1-11-4-3-5-12(2)16(11)20-7-6-19-15-9-13(17)8-14(18)10-15/h3-5,8-10,19-20H,6-7H2,1-2H3. The van der Waals surface area contributed by atoms with Gasteiger partial charge in [-0.2, -0.15) is 0 Å². The molecule has 2 nitrogen and oxygen atoms in total. The second-order valence-electron chi connectivity index (χ2n) is 4.78. The fraction of sp³-hybridized carbons (Fsp3) is 0.250. The summed E-state index contributed by atoms with van der Waals surface area (Å²) in [7, 11) is 0. The van der Waals surface area contributed by atoms with Crippen LogP contribution in [-0.2, 0) is 0 Å². The van der Waals surface area contributed by atoms with Gasteiger partial charge in [-0.1, -0.05) is 41.4 Å². The number of rotatable bonds is 5. The molecule has 0 atom stereocenters. The summed E-state index contributed by atoms with van der Waals surface area (Å²) in [5, 5.41) is 8.04. The Labute approximate surface area is 130 Å². The Morgan fingerprint density at radius 3 is 2.00 bits per heavy atom. The van der Waals surface area contributed by atoms with Crippen molar-refractivity contribution >= 4 is 34.6 Å². The minimum absolute atomic E-state index is 0.641. The summed E-state index contributed by atoms with van der Waals surface area (Å²) in [6.07, 6.45) is 0. The lowest BCUT2D eigenvalue weighted by molar-refractivity contribution is 1.07. The van der Waals surface area contributed by atoms with Crippen molar-refractivity contribution in [2.24, 2.45) is 0 Å². The van der Waals surface area contributed by atoms with Crippen LogP contribution in [0.2, 0.25) is 10.0 Å². The highest BCUT2D eigenvalue weighted by atomic mass is 35.5. The van der Waals surface area contributed by atoms with E-state index in [4.69, 9.17) is 23.2 Å². The molecule has 0 radical (unpaired) electrons. The van der Waals surface area contributed by atoms with Gasteiger partial charge in [0.25, 0.3) is 0 Å². The highest BCUT2D eigenvalue weighted by Crippen LogP contribution is 2.22. The molecule has 2 N–H and O–H groups in total. The van der Waals surface area contributed by atoms with E-state index < -0.39 is 0 Å². The van der Waals surface area contributed by atoms with Crippen molar-refractivity contribution in [3.63, 3.8) is 0 Å². The van der Waals surface area contributed by atoms with Crippen LogP contribution in [0.5, 0.6) is 0 Å². The van der Waals surface area contributed by atoms with E-state index in [0.29, 0.717) is 10.0 Å². The first-order chi connectivity index (χ1) is 9.56. The first-order valence-electron chi connectivity index (χ1n) is 6.56. The molecule has 0 unspecified atom stereocenters. The molecule has 0 aromatic heterocycles. The van der Waals surface area contributed by atoms with Gasteiger partial charge in [0.05, 0.1) is 0 Å². The van der Waals surface area contributed by atoms with Crippen LogP contribution in [0.1, 0.15) is 11.1 Å². The molecule has 0 aliphatic heterocycles. The molecule has 20 heavy (non-hydrogen) atoms. The van der Waals surface area contributed by atoms with Crippen molar-refractivity contribution in [1.29, 1.82) is 0 Å². The lowest BCUT2D eigenvalue weighted by Crippen LogP contribution is -2.14. The van der Waals surface area contributed by atoms with Crippen molar-refractivity contribution < 1.29 is 0 Å². The first kappa shape index (κ1) is 15.0. The third-order valence-corrected chi connectivity index (χ3v) is 3.54. The smallest absolute Gasteiger partial charge is 0.0441 e. The molecule has 0 heterocycles. The van der Waals surface area contributed by atoms with Crippen molar-refractivity contribution in [2.75, 3.05) is 23.7 Å². The molecular weight excluding hydrogens is 291 g/mol. The van der Waals surface area contributed by atoms with Gasteiger partial charge in [0.1, 0.15) is 0 Å². The molecule has 4 heteroatoms. The number of nitrogens with one attached hydrogen (secondary N) is 2. The van der Waals surface area contributed by atoms with Crippen molar-refractivity contribution in [3.05, 3.63) is 57.6 Å². The van der Waals surface area contributed by atoms with Crippen LogP contribution in [0.15, 0.2) is 36.4 Å². The van der Waals surface area contributed by atoms with Gasteiger partial charge >= 0.3 is 0 Å². The predicted octanol–water partition coefficient (Wildman–Crippen LogP) is 5.13. The molecule has 0 saturated heterocycles. The summed E-state index contributed by atoms with van der Waals surface area (Å²) in [5.41, 5.74) is 4.66. The summed E-state index contributed by atoms with van der Waals surface area (Å²) in [5.74, 6) is 0. The van der Waals surface area contributed by atoms with E-state index in [9.17, 15) is 0 Å². The average Bonchev–Trinajstić information content (AvgIpc) is 2.36. The third-order valence-electron chi connectivity index (χ3n) is 3.10. The predicted molar refractivity (Wildman–Crippen MR) is 89.4 cm³/mol. The van der Waals surface area contributed by atoms with E-state index in [1.54, 1.807) is 6.07 Å². The zero-order valence-corrected chi connectivity index (χ0v) is 13.1. The molecule has 0 fully saturated rings. The Morgan fingerprint density at radius 2 is 1.40 bits per heavy atom. The van der Waals surface area contributed by atoms with E-state index in [1.807, 2.05) is 12.1 Å². The van der Waals surface area contributed by atoms with E-state index in [-0.39, 0.29) is 0 Å². The van der Waals surface area contributed by atoms with Gasteiger partial charge in [0.15, 0.2) is 0 Å². The molecule has 0 aliphatic carbocycles. The second-order valence-corrected chi connectivity index (χ2v) is 5.65.